The molecule has 7 N–H and O–H groups in total. The van der Waals surface area contributed by atoms with E-state index in [1.807, 2.05) is 0 Å². The summed E-state index contributed by atoms with van der Waals surface area (Å²) >= 11 is 0. The molecule has 2 aromatic carbocycles. The molecule has 0 aliphatic heterocycles. The number of rotatable bonds is 3. The van der Waals surface area contributed by atoms with E-state index < -0.39 is 0 Å². The second-order valence-corrected chi connectivity index (χ2v) is 3.75. The standard InChI is InChI=1S/C7H8FN.C6H10N4O/c1-9-7-4-2-6(8)3-5-7;7-5-3-1-2-4-6(5)10(8)11-9/h2-5,9H,1H3;1-4H,7-9H2. The molecule has 0 spiro atoms. The molecule has 108 valence electrons. The first-order chi connectivity index (χ1) is 9.58. The smallest absolute Gasteiger partial charge is 0.123 e. The highest BCUT2D eigenvalue weighted by Gasteiger charge is 2.02. The predicted molar refractivity (Wildman–Crippen MR) is 78.7 cm³/mol. The topological polar surface area (TPSA) is 103 Å². The molecular weight excluding hydrogens is 261 g/mol. The molecule has 0 saturated heterocycles. The lowest BCUT2D eigenvalue weighted by molar-refractivity contribution is 0.111. The number of anilines is 3. The van der Waals surface area contributed by atoms with Crippen molar-refractivity contribution in [2.45, 2.75) is 0 Å². The van der Waals surface area contributed by atoms with Crippen molar-refractivity contribution in [1.82, 2.24) is 0 Å². The molecule has 0 saturated carbocycles. The van der Waals surface area contributed by atoms with Gasteiger partial charge in [-0.15, -0.1) is 0 Å². The van der Waals surface area contributed by atoms with Crippen molar-refractivity contribution in [3.8, 4) is 0 Å². The average molecular weight is 279 g/mol. The predicted octanol–water partition coefficient (Wildman–Crippen LogP) is 1.62. The number of nitrogens with zero attached hydrogens (tertiary/aromatic N) is 1. The molecule has 7 heteroatoms. The minimum Gasteiger partial charge on any atom is -0.397 e. The molecule has 2 rings (SSSR count). The van der Waals surface area contributed by atoms with Crippen LogP contribution in [-0.2, 0) is 4.94 Å². The lowest BCUT2D eigenvalue weighted by Gasteiger charge is -2.14. The van der Waals surface area contributed by atoms with Gasteiger partial charge in [0.1, 0.15) is 11.5 Å². The average Bonchev–Trinajstić information content (AvgIpc) is 2.48. The normalized spacial score (nSPS) is 9.40. The van der Waals surface area contributed by atoms with Gasteiger partial charge in [-0.25, -0.2) is 10.2 Å². The Kier molecular flexibility index (Phi) is 6.24. The van der Waals surface area contributed by atoms with E-state index in [9.17, 15) is 4.39 Å². The van der Waals surface area contributed by atoms with Crippen LogP contribution < -0.4 is 28.0 Å². The Morgan fingerprint density at radius 1 is 1.10 bits per heavy atom. The first kappa shape index (κ1) is 15.7. The van der Waals surface area contributed by atoms with Crippen molar-refractivity contribution in [2.24, 2.45) is 11.7 Å². The van der Waals surface area contributed by atoms with Crippen molar-refractivity contribution in [3.05, 3.63) is 54.3 Å². The highest BCUT2D eigenvalue weighted by molar-refractivity contribution is 5.65. The summed E-state index contributed by atoms with van der Waals surface area (Å²) in [4.78, 5) is 4.25. The van der Waals surface area contributed by atoms with Gasteiger partial charge in [0.2, 0.25) is 0 Å². The zero-order chi connectivity index (χ0) is 15.0. The Morgan fingerprint density at radius 2 is 1.70 bits per heavy atom. The molecule has 0 heterocycles. The van der Waals surface area contributed by atoms with Crippen LogP contribution in [0.3, 0.4) is 0 Å². The van der Waals surface area contributed by atoms with E-state index in [4.69, 9.17) is 17.5 Å². The van der Waals surface area contributed by atoms with Crippen LogP contribution in [0.4, 0.5) is 21.5 Å². The minimum absolute atomic E-state index is 0.200. The Morgan fingerprint density at radius 3 is 2.20 bits per heavy atom. The largest absolute Gasteiger partial charge is 0.397 e. The molecule has 0 fully saturated rings. The fraction of sp³-hybridized carbons (Fsp3) is 0.0769. The van der Waals surface area contributed by atoms with E-state index in [2.05, 4.69) is 10.3 Å². The summed E-state index contributed by atoms with van der Waals surface area (Å²) in [6, 6.07) is 13.2. The Hall–Kier alpha value is -2.35. The van der Waals surface area contributed by atoms with E-state index in [0.29, 0.717) is 11.4 Å². The summed E-state index contributed by atoms with van der Waals surface area (Å²) in [6.45, 7) is 0. The van der Waals surface area contributed by atoms with Crippen molar-refractivity contribution >= 4 is 17.1 Å². The maximum atomic E-state index is 12.2. The van der Waals surface area contributed by atoms with Crippen LogP contribution in [0.2, 0.25) is 0 Å². The van der Waals surface area contributed by atoms with Crippen molar-refractivity contribution < 1.29 is 9.33 Å². The molecule has 0 aliphatic rings. The van der Waals surface area contributed by atoms with Crippen LogP contribution in [0, 0.1) is 5.82 Å². The van der Waals surface area contributed by atoms with Crippen LogP contribution in [0.15, 0.2) is 48.5 Å². The number of hydrogen-bond donors (Lipinski definition) is 4. The number of nitrogen functional groups attached to an aromatic ring is 1. The number of nitrogens with two attached hydrogens (primary N) is 3. The van der Waals surface area contributed by atoms with Crippen molar-refractivity contribution in [2.75, 3.05) is 23.3 Å². The highest BCUT2D eigenvalue weighted by atomic mass is 19.1. The summed E-state index contributed by atoms with van der Waals surface area (Å²) in [5, 5.41) is 3.79. The van der Waals surface area contributed by atoms with Crippen LogP contribution in [0.25, 0.3) is 0 Å². The second kappa shape index (κ2) is 7.95. The summed E-state index contributed by atoms with van der Waals surface area (Å²) < 4.78 is 12.2. The van der Waals surface area contributed by atoms with Gasteiger partial charge in [-0.3, -0.25) is 0 Å². The monoisotopic (exact) mass is 279 g/mol. The van der Waals surface area contributed by atoms with Gasteiger partial charge in [-0.2, -0.15) is 16.0 Å². The third kappa shape index (κ3) is 4.73. The summed E-state index contributed by atoms with van der Waals surface area (Å²) in [7, 11) is 1.80. The van der Waals surface area contributed by atoms with Gasteiger partial charge in [-0.1, -0.05) is 12.1 Å². The number of hydrazine groups is 1. The van der Waals surface area contributed by atoms with Gasteiger partial charge in [-0.05, 0) is 36.4 Å². The van der Waals surface area contributed by atoms with Crippen LogP contribution in [0.5, 0.6) is 0 Å². The molecule has 0 aromatic heterocycles. The molecule has 0 radical (unpaired) electrons. The highest BCUT2D eigenvalue weighted by Crippen LogP contribution is 2.18. The van der Waals surface area contributed by atoms with Crippen LogP contribution in [0.1, 0.15) is 0 Å². The Bertz CT molecular complexity index is 520. The lowest BCUT2D eigenvalue weighted by Crippen LogP contribution is -2.34. The number of benzene rings is 2. The molecule has 0 bridgehead atoms. The SMILES string of the molecule is CNc1ccc(F)cc1.NON(N)c1ccccc1N. The first-order valence-electron chi connectivity index (χ1n) is 5.78. The summed E-state index contributed by atoms with van der Waals surface area (Å²) in [6.07, 6.45) is 0. The first-order valence-corrected chi connectivity index (χ1v) is 5.78. The zero-order valence-corrected chi connectivity index (χ0v) is 11.1. The van der Waals surface area contributed by atoms with Crippen molar-refractivity contribution in [1.29, 1.82) is 0 Å². The van der Waals surface area contributed by atoms with E-state index in [1.165, 1.54) is 12.1 Å². The second-order valence-electron chi connectivity index (χ2n) is 3.75. The molecule has 6 nitrogen and oxygen atoms in total. The van der Waals surface area contributed by atoms with Gasteiger partial charge < -0.3 is 11.1 Å². The van der Waals surface area contributed by atoms with E-state index >= 15 is 0 Å². The van der Waals surface area contributed by atoms with E-state index in [0.717, 1.165) is 10.9 Å². The number of hydrogen-bond acceptors (Lipinski definition) is 6. The molecule has 0 amide bonds. The number of para-hydroxylation sites is 2. The fourth-order valence-corrected chi connectivity index (χ4v) is 1.36. The number of nitrogens with one attached hydrogen (secondary N) is 1. The summed E-state index contributed by atoms with van der Waals surface area (Å²) in [5.74, 6) is 9.92. The van der Waals surface area contributed by atoms with Gasteiger partial charge in [0.25, 0.3) is 0 Å². The molecule has 0 atom stereocenters. The minimum atomic E-state index is -0.200. The third-order valence-electron chi connectivity index (χ3n) is 2.42. The maximum Gasteiger partial charge on any atom is 0.123 e. The van der Waals surface area contributed by atoms with E-state index in [1.54, 1.807) is 43.4 Å². The van der Waals surface area contributed by atoms with Crippen molar-refractivity contribution in [3.63, 3.8) is 0 Å². The third-order valence-corrected chi connectivity index (χ3v) is 2.42. The quantitative estimate of drug-likeness (QED) is 0.387. The summed E-state index contributed by atoms with van der Waals surface area (Å²) in [5.41, 5.74) is 7.52. The molecule has 0 aliphatic carbocycles. The van der Waals surface area contributed by atoms with E-state index in [-0.39, 0.29) is 5.82 Å². The lowest BCUT2D eigenvalue weighted by atomic mass is 10.3. The molecular formula is C13H18FN5O. The molecule has 20 heavy (non-hydrogen) atoms. The van der Waals surface area contributed by atoms with Gasteiger partial charge in [0.15, 0.2) is 0 Å². The molecule has 2 aromatic rings. The fourth-order valence-electron chi connectivity index (χ4n) is 1.36. The van der Waals surface area contributed by atoms with Gasteiger partial charge in [0, 0.05) is 12.7 Å². The van der Waals surface area contributed by atoms with Gasteiger partial charge in [0.05, 0.1) is 5.69 Å². The maximum absolute atomic E-state index is 12.2. The Labute approximate surface area is 116 Å². The van der Waals surface area contributed by atoms with Gasteiger partial charge >= 0.3 is 0 Å². The zero-order valence-electron chi connectivity index (χ0n) is 11.1. The number of halogens is 1. The molecule has 0 unspecified atom stereocenters. The van der Waals surface area contributed by atoms with Crippen LogP contribution in [-0.4, -0.2) is 7.05 Å². The van der Waals surface area contributed by atoms with Crippen LogP contribution >= 0.6 is 0 Å². The Balaban J connectivity index is 0.000000204.